The SMILES string of the molecule is CNC[C@H](c1cccc2ccccc12)[C@@H](O)c1ccccc1. The third-order valence-corrected chi connectivity index (χ3v) is 4.17. The van der Waals surface area contributed by atoms with E-state index < -0.39 is 6.10 Å². The lowest BCUT2D eigenvalue weighted by Crippen LogP contribution is -2.23. The van der Waals surface area contributed by atoms with Crippen molar-refractivity contribution in [2.75, 3.05) is 13.6 Å². The Hall–Kier alpha value is -2.16. The number of nitrogens with one attached hydrogen (secondary N) is 1. The summed E-state index contributed by atoms with van der Waals surface area (Å²) in [5.74, 6) is 0.0125. The number of hydrogen-bond acceptors (Lipinski definition) is 2. The monoisotopic (exact) mass is 291 g/mol. The molecular formula is C20H21NO. The smallest absolute Gasteiger partial charge is 0.0870 e. The van der Waals surface area contributed by atoms with Crippen molar-refractivity contribution in [3.8, 4) is 0 Å². The fourth-order valence-electron chi connectivity index (χ4n) is 3.07. The molecule has 2 atom stereocenters. The molecule has 0 saturated carbocycles. The van der Waals surface area contributed by atoms with E-state index in [1.165, 1.54) is 16.3 Å². The van der Waals surface area contributed by atoms with Crippen molar-refractivity contribution in [2.24, 2.45) is 0 Å². The number of aliphatic hydroxyl groups is 1. The molecule has 3 aromatic rings. The molecule has 22 heavy (non-hydrogen) atoms. The predicted molar refractivity (Wildman–Crippen MR) is 92.0 cm³/mol. The van der Waals surface area contributed by atoms with Crippen LogP contribution in [-0.4, -0.2) is 18.7 Å². The summed E-state index contributed by atoms with van der Waals surface area (Å²) in [4.78, 5) is 0. The molecule has 0 amide bonds. The van der Waals surface area contributed by atoms with E-state index in [0.717, 1.165) is 12.1 Å². The lowest BCUT2D eigenvalue weighted by atomic mass is 9.86. The van der Waals surface area contributed by atoms with Crippen LogP contribution in [0.4, 0.5) is 0 Å². The van der Waals surface area contributed by atoms with Gasteiger partial charge in [0, 0.05) is 12.5 Å². The van der Waals surface area contributed by atoms with Gasteiger partial charge in [0.1, 0.15) is 0 Å². The summed E-state index contributed by atoms with van der Waals surface area (Å²) in [6.45, 7) is 0.726. The highest BCUT2D eigenvalue weighted by atomic mass is 16.3. The Balaban J connectivity index is 2.07. The Labute approximate surface area is 131 Å². The molecule has 0 fully saturated rings. The summed E-state index contributed by atoms with van der Waals surface area (Å²) >= 11 is 0. The van der Waals surface area contributed by atoms with Gasteiger partial charge in [0.25, 0.3) is 0 Å². The normalized spacial score (nSPS) is 13.9. The van der Waals surface area contributed by atoms with Crippen molar-refractivity contribution >= 4 is 10.8 Å². The first-order valence-corrected chi connectivity index (χ1v) is 7.66. The van der Waals surface area contributed by atoms with Crippen LogP contribution < -0.4 is 5.32 Å². The Bertz CT molecular complexity index is 734. The van der Waals surface area contributed by atoms with Gasteiger partial charge >= 0.3 is 0 Å². The number of aliphatic hydroxyl groups excluding tert-OH is 1. The molecule has 3 aromatic carbocycles. The minimum absolute atomic E-state index is 0.0125. The second-order valence-corrected chi connectivity index (χ2v) is 5.59. The average Bonchev–Trinajstić information content (AvgIpc) is 2.59. The van der Waals surface area contributed by atoms with Crippen LogP contribution in [0, 0.1) is 0 Å². The second-order valence-electron chi connectivity index (χ2n) is 5.59. The van der Waals surface area contributed by atoms with Gasteiger partial charge in [0.2, 0.25) is 0 Å². The van der Waals surface area contributed by atoms with Crippen molar-refractivity contribution in [1.29, 1.82) is 0 Å². The molecule has 0 unspecified atom stereocenters. The summed E-state index contributed by atoms with van der Waals surface area (Å²) in [5.41, 5.74) is 2.14. The maximum absolute atomic E-state index is 10.9. The van der Waals surface area contributed by atoms with E-state index in [2.05, 4.69) is 41.7 Å². The fraction of sp³-hybridized carbons (Fsp3) is 0.200. The van der Waals surface area contributed by atoms with Crippen molar-refractivity contribution < 1.29 is 5.11 Å². The molecule has 3 rings (SSSR count). The van der Waals surface area contributed by atoms with Crippen LogP contribution in [0.3, 0.4) is 0 Å². The summed E-state index contributed by atoms with van der Waals surface area (Å²) in [5, 5.41) is 16.5. The molecule has 0 bridgehead atoms. The first kappa shape index (κ1) is 14.8. The maximum Gasteiger partial charge on any atom is 0.0870 e. The highest BCUT2D eigenvalue weighted by Crippen LogP contribution is 2.34. The lowest BCUT2D eigenvalue weighted by molar-refractivity contribution is 0.145. The molecule has 0 saturated heterocycles. The van der Waals surface area contributed by atoms with Gasteiger partial charge in [-0.3, -0.25) is 0 Å². The Morgan fingerprint density at radius 3 is 2.32 bits per heavy atom. The summed E-state index contributed by atoms with van der Waals surface area (Å²) in [7, 11) is 1.93. The van der Waals surface area contributed by atoms with Crippen LogP contribution in [0.1, 0.15) is 23.1 Å². The van der Waals surface area contributed by atoms with E-state index in [0.29, 0.717) is 0 Å². The number of likely N-dealkylation sites (N-methyl/N-ethyl adjacent to an activating group) is 1. The molecule has 2 nitrogen and oxygen atoms in total. The average molecular weight is 291 g/mol. The van der Waals surface area contributed by atoms with Gasteiger partial charge < -0.3 is 10.4 Å². The molecule has 0 aliphatic carbocycles. The fourth-order valence-corrected chi connectivity index (χ4v) is 3.07. The zero-order chi connectivity index (χ0) is 15.4. The molecule has 0 aromatic heterocycles. The number of hydrogen-bond donors (Lipinski definition) is 2. The van der Waals surface area contributed by atoms with Gasteiger partial charge in [-0.05, 0) is 28.9 Å². The van der Waals surface area contributed by atoms with E-state index in [-0.39, 0.29) is 5.92 Å². The Kier molecular flexibility index (Phi) is 4.52. The van der Waals surface area contributed by atoms with Crippen LogP contribution >= 0.6 is 0 Å². The van der Waals surface area contributed by atoms with Crippen LogP contribution in [-0.2, 0) is 0 Å². The van der Waals surface area contributed by atoms with E-state index in [4.69, 9.17) is 0 Å². The molecule has 0 radical (unpaired) electrons. The molecular weight excluding hydrogens is 270 g/mol. The highest BCUT2D eigenvalue weighted by molar-refractivity contribution is 5.86. The maximum atomic E-state index is 10.9. The minimum atomic E-state index is -0.528. The molecule has 2 N–H and O–H groups in total. The van der Waals surface area contributed by atoms with Gasteiger partial charge in [-0.1, -0.05) is 72.8 Å². The van der Waals surface area contributed by atoms with E-state index in [1.54, 1.807) is 0 Å². The Morgan fingerprint density at radius 2 is 1.55 bits per heavy atom. The molecule has 0 spiro atoms. The summed E-state index contributed by atoms with van der Waals surface area (Å²) in [6.07, 6.45) is -0.528. The standard InChI is InChI=1S/C20H21NO/c1-21-14-19(20(22)16-9-3-2-4-10-16)18-13-7-11-15-8-5-6-12-17(15)18/h2-13,19-22H,14H2,1H3/t19-,20+/m1/s1. The predicted octanol–water partition coefficient (Wildman–Crippen LogP) is 3.88. The third kappa shape index (κ3) is 2.89. The zero-order valence-electron chi connectivity index (χ0n) is 12.7. The molecule has 0 heterocycles. The zero-order valence-corrected chi connectivity index (χ0v) is 12.7. The van der Waals surface area contributed by atoms with Gasteiger partial charge in [-0.15, -0.1) is 0 Å². The topological polar surface area (TPSA) is 32.3 Å². The van der Waals surface area contributed by atoms with E-state index in [1.807, 2.05) is 43.4 Å². The van der Waals surface area contributed by atoms with Crippen molar-refractivity contribution in [3.05, 3.63) is 83.9 Å². The van der Waals surface area contributed by atoms with Crippen molar-refractivity contribution in [3.63, 3.8) is 0 Å². The van der Waals surface area contributed by atoms with Gasteiger partial charge in [0.15, 0.2) is 0 Å². The number of fused-ring (bicyclic) bond motifs is 1. The third-order valence-electron chi connectivity index (χ3n) is 4.17. The lowest BCUT2D eigenvalue weighted by Gasteiger charge is -2.25. The molecule has 0 aliphatic rings. The first-order chi connectivity index (χ1) is 10.8. The van der Waals surface area contributed by atoms with E-state index in [9.17, 15) is 5.11 Å². The van der Waals surface area contributed by atoms with Crippen LogP contribution in [0.5, 0.6) is 0 Å². The molecule has 0 aliphatic heterocycles. The van der Waals surface area contributed by atoms with E-state index >= 15 is 0 Å². The summed E-state index contributed by atoms with van der Waals surface area (Å²) < 4.78 is 0. The van der Waals surface area contributed by atoms with Crippen molar-refractivity contribution in [1.82, 2.24) is 5.32 Å². The second kappa shape index (κ2) is 6.73. The van der Waals surface area contributed by atoms with Crippen LogP contribution in [0.2, 0.25) is 0 Å². The van der Waals surface area contributed by atoms with Crippen molar-refractivity contribution in [2.45, 2.75) is 12.0 Å². The largest absolute Gasteiger partial charge is 0.388 e. The molecule has 2 heteroatoms. The summed E-state index contributed by atoms with van der Waals surface area (Å²) in [6, 6.07) is 24.5. The first-order valence-electron chi connectivity index (χ1n) is 7.66. The minimum Gasteiger partial charge on any atom is -0.388 e. The molecule has 112 valence electrons. The quantitative estimate of drug-likeness (QED) is 0.748. The van der Waals surface area contributed by atoms with Gasteiger partial charge in [-0.25, -0.2) is 0 Å². The van der Waals surface area contributed by atoms with Gasteiger partial charge in [0.05, 0.1) is 6.10 Å². The van der Waals surface area contributed by atoms with Crippen LogP contribution in [0.15, 0.2) is 72.8 Å². The Morgan fingerprint density at radius 1 is 0.864 bits per heavy atom. The number of rotatable bonds is 5. The van der Waals surface area contributed by atoms with Gasteiger partial charge in [-0.2, -0.15) is 0 Å². The highest BCUT2D eigenvalue weighted by Gasteiger charge is 2.23. The van der Waals surface area contributed by atoms with Crippen LogP contribution in [0.25, 0.3) is 10.8 Å². The number of benzene rings is 3.